The van der Waals surface area contributed by atoms with E-state index in [0.717, 1.165) is 31.6 Å². The van der Waals surface area contributed by atoms with E-state index in [4.69, 9.17) is 4.74 Å². The minimum atomic E-state index is -0.941. The number of urea groups is 1. The van der Waals surface area contributed by atoms with Crippen LogP contribution < -0.4 is 21.3 Å². The van der Waals surface area contributed by atoms with Gasteiger partial charge in [-0.15, -0.1) is 0 Å². The second-order valence-corrected chi connectivity index (χ2v) is 7.58. The molecule has 1 heterocycles. The van der Waals surface area contributed by atoms with Gasteiger partial charge in [-0.05, 0) is 55.7 Å². The van der Waals surface area contributed by atoms with Crippen LogP contribution in [-0.4, -0.2) is 43.6 Å². The lowest BCUT2D eigenvalue weighted by Gasteiger charge is -2.12. The van der Waals surface area contributed by atoms with Crippen LogP contribution in [0, 0.1) is 11.6 Å². The molecule has 4 amide bonds. The first-order chi connectivity index (χ1) is 15.9. The Hall–Kier alpha value is -3.53. The third-order valence-corrected chi connectivity index (χ3v) is 4.98. The number of carbonyl (C=O) groups excluding carboxylic acids is 3. The Morgan fingerprint density at radius 1 is 0.970 bits per heavy atom. The van der Waals surface area contributed by atoms with Gasteiger partial charge >= 0.3 is 6.03 Å². The van der Waals surface area contributed by atoms with Crippen molar-refractivity contribution < 1.29 is 27.9 Å². The summed E-state index contributed by atoms with van der Waals surface area (Å²) in [6.45, 7) is 1.35. The molecular formula is C23H26F2N4O4. The molecule has 0 spiro atoms. The monoisotopic (exact) mass is 460 g/mol. The van der Waals surface area contributed by atoms with Crippen molar-refractivity contribution in [1.82, 2.24) is 10.6 Å². The van der Waals surface area contributed by atoms with Crippen LogP contribution in [-0.2, 0) is 9.53 Å². The van der Waals surface area contributed by atoms with E-state index in [1.165, 1.54) is 0 Å². The van der Waals surface area contributed by atoms with Gasteiger partial charge in [0.25, 0.3) is 5.91 Å². The summed E-state index contributed by atoms with van der Waals surface area (Å²) in [4.78, 5) is 35.9. The summed E-state index contributed by atoms with van der Waals surface area (Å²) < 4.78 is 31.9. The molecule has 0 saturated carbocycles. The van der Waals surface area contributed by atoms with Crippen molar-refractivity contribution in [1.29, 1.82) is 0 Å². The third-order valence-electron chi connectivity index (χ3n) is 4.98. The molecular weight excluding hydrogens is 434 g/mol. The number of hydrogen-bond acceptors (Lipinski definition) is 4. The van der Waals surface area contributed by atoms with E-state index in [9.17, 15) is 23.2 Å². The molecule has 4 N–H and O–H groups in total. The van der Waals surface area contributed by atoms with Gasteiger partial charge < -0.3 is 26.0 Å². The summed E-state index contributed by atoms with van der Waals surface area (Å²) in [5.41, 5.74) is 0.881. The molecule has 2 aromatic rings. The molecule has 10 heteroatoms. The Balaban J connectivity index is 1.33. The fourth-order valence-corrected chi connectivity index (χ4v) is 3.27. The van der Waals surface area contributed by atoms with Crippen molar-refractivity contribution in [2.24, 2.45) is 0 Å². The van der Waals surface area contributed by atoms with Crippen molar-refractivity contribution >= 4 is 29.2 Å². The number of ether oxygens (including phenoxy) is 1. The molecule has 0 aliphatic carbocycles. The lowest BCUT2D eigenvalue weighted by molar-refractivity contribution is -0.116. The summed E-state index contributed by atoms with van der Waals surface area (Å²) in [7, 11) is 0. The SMILES string of the molecule is O=C(CCCNC(=O)c1ccc(F)cc1F)Nc1ccc(NC(=O)NCC2CCCO2)cc1. The van der Waals surface area contributed by atoms with Crippen LogP contribution in [0.1, 0.15) is 36.0 Å². The Morgan fingerprint density at radius 2 is 1.70 bits per heavy atom. The first-order valence-electron chi connectivity index (χ1n) is 10.7. The molecule has 0 radical (unpaired) electrons. The van der Waals surface area contributed by atoms with Gasteiger partial charge in [0, 0.05) is 43.6 Å². The van der Waals surface area contributed by atoms with Crippen LogP contribution in [0.2, 0.25) is 0 Å². The van der Waals surface area contributed by atoms with E-state index >= 15 is 0 Å². The highest BCUT2D eigenvalue weighted by Gasteiger charge is 2.16. The first-order valence-corrected chi connectivity index (χ1v) is 10.7. The number of hydrogen-bond donors (Lipinski definition) is 4. The van der Waals surface area contributed by atoms with Gasteiger partial charge in [-0.3, -0.25) is 9.59 Å². The molecule has 176 valence electrons. The number of carbonyl (C=O) groups is 3. The number of anilines is 2. The number of nitrogens with one attached hydrogen (secondary N) is 4. The Labute approximate surface area is 190 Å². The van der Waals surface area contributed by atoms with Gasteiger partial charge in [0.1, 0.15) is 11.6 Å². The molecule has 1 aliphatic heterocycles. The van der Waals surface area contributed by atoms with Crippen LogP contribution in [0.3, 0.4) is 0 Å². The predicted molar refractivity (Wildman–Crippen MR) is 119 cm³/mol. The maximum Gasteiger partial charge on any atom is 0.319 e. The summed E-state index contributed by atoms with van der Waals surface area (Å²) in [5, 5.41) is 10.7. The Kier molecular flexibility index (Phi) is 8.71. The average Bonchev–Trinajstić information content (AvgIpc) is 3.30. The standard InChI is InChI=1S/C23H26F2N4O4/c24-15-5-10-19(20(25)13-15)22(31)26-11-1-4-21(30)28-16-6-8-17(9-7-16)29-23(32)27-14-18-3-2-12-33-18/h5-10,13,18H,1-4,11-12,14H2,(H,26,31)(H,28,30)(H2,27,29,32). The Bertz CT molecular complexity index is 979. The van der Waals surface area contributed by atoms with E-state index in [1.807, 2.05) is 0 Å². The minimum Gasteiger partial charge on any atom is -0.376 e. The largest absolute Gasteiger partial charge is 0.376 e. The van der Waals surface area contributed by atoms with Gasteiger partial charge in [-0.1, -0.05) is 0 Å². The third kappa shape index (κ3) is 7.83. The highest BCUT2D eigenvalue weighted by Crippen LogP contribution is 2.15. The highest BCUT2D eigenvalue weighted by atomic mass is 19.1. The summed E-state index contributed by atoms with van der Waals surface area (Å²) in [6, 6.07) is 9.03. The topological polar surface area (TPSA) is 109 Å². The van der Waals surface area contributed by atoms with E-state index in [0.29, 0.717) is 30.4 Å². The fourth-order valence-electron chi connectivity index (χ4n) is 3.27. The van der Waals surface area contributed by atoms with Crippen LogP contribution in [0.15, 0.2) is 42.5 Å². The van der Waals surface area contributed by atoms with Crippen molar-refractivity contribution in [3.05, 3.63) is 59.7 Å². The zero-order valence-electron chi connectivity index (χ0n) is 18.0. The second kappa shape index (κ2) is 11.9. The quantitative estimate of drug-likeness (QED) is 0.430. The maximum atomic E-state index is 13.6. The van der Waals surface area contributed by atoms with Crippen molar-refractivity contribution in [3.63, 3.8) is 0 Å². The predicted octanol–water partition coefficient (Wildman–Crippen LogP) is 3.41. The molecule has 0 bridgehead atoms. The van der Waals surface area contributed by atoms with Gasteiger partial charge in [0.05, 0.1) is 11.7 Å². The Morgan fingerprint density at radius 3 is 2.36 bits per heavy atom. The van der Waals surface area contributed by atoms with Crippen LogP contribution in [0.4, 0.5) is 25.0 Å². The molecule has 3 rings (SSSR count). The van der Waals surface area contributed by atoms with Gasteiger partial charge in [-0.2, -0.15) is 0 Å². The van der Waals surface area contributed by atoms with Crippen molar-refractivity contribution in [3.8, 4) is 0 Å². The van der Waals surface area contributed by atoms with Gasteiger partial charge in [0.2, 0.25) is 5.91 Å². The molecule has 0 aromatic heterocycles. The maximum absolute atomic E-state index is 13.6. The fraction of sp³-hybridized carbons (Fsp3) is 0.348. The zero-order chi connectivity index (χ0) is 23.6. The van der Waals surface area contributed by atoms with Gasteiger partial charge in [0.15, 0.2) is 0 Å². The number of halogens is 2. The average molecular weight is 460 g/mol. The molecule has 1 unspecified atom stereocenters. The molecule has 1 saturated heterocycles. The van der Waals surface area contributed by atoms with Crippen LogP contribution in [0.5, 0.6) is 0 Å². The number of amides is 4. The lowest BCUT2D eigenvalue weighted by atomic mass is 10.2. The van der Waals surface area contributed by atoms with Gasteiger partial charge in [-0.25, -0.2) is 13.6 Å². The molecule has 1 fully saturated rings. The highest BCUT2D eigenvalue weighted by molar-refractivity contribution is 5.94. The second-order valence-electron chi connectivity index (χ2n) is 7.58. The summed E-state index contributed by atoms with van der Waals surface area (Å²) in [5.74, 6) is -2.63. The molecule has 8 nitrogen and oxygen atoms in total. The van der Waals surface area contributed by atoms with E-state index < -0.39 is 17.5 Å². The van der Waals surface area contributed by atoms with Crippen molar-refractivity contribution in [2.75, 3.05) is 30.3 Å². The zero-order valence-corrected chi connectivity index (χ0v) is 18.0. The summed E-state index contributed by atoms with van der Waals surface area (Å²) in [6.07, 6.45) is 2.48. The molecule has 2 aromatic carbocycles. The molecule has 1 atom stereocenters. The first kappa shape index (κ1) is 24.1. The van der Waals surface area contributed by atoms with E-state index in [1.54, 1.807) is 24.3 Å². The number of rotatable bonds is 9. The summed E-state index contributed by atoms with van der Waals surface area (Å²) >= 11 is 0. The van der Waals surface area contributed by atoms with Crippen LogP contribution in [0.25, 0.3) is 0 Å². The van der Waals surface area contributed by atoms with E-state index in [2.05, 4.69) is 21.3 Å². The van der Waals surface area contributed by atoms with Crippen molar-refractivity contribution in [2.45, 2.75) is 31.8 Å². The smallest absolute Gasteiger partial charge is 0.319 e. The normalized spacial score (nSPS) is 15.0. The minimum absolute atomic E-state index is 0.0609. The van der Waals surface area contributed by atoms with Crippen LogP contribution >= 0.6 is 0 Å². The lowest BCUT2D eigenvalue weighted by Crippen LogP contribution is -2.35. The number of benzene rings is 2. The van der Waals surface area contributed by atoms with E-state index in [-0.39, 0.29) is 36.6 Å². The molecule has 1 aliphatic rings. The molecule has 33 heavy (non-hydrogen) atoms.